The van der Waals surface area contributed by atoms with Crippen molar-refractivity contribution in [2.45, 2.75) is 105 Å². The van der Waals surface area contributed by atoms with Crippen molar-refractivity contribution in [2.75, 3.05) is 0 Å². The molecule has 0 aromatic rings. The van der Waals surface area contributed by atoms with E-state index in [2.05, 4.69) is 0 Å². The highest BCUT2D eigenvalue weighted by atomic mass is 28.5. The van der Waals surface area contributed by atoms with E-state index < -0.39 is 40.5 Å². The van der Waals surface area contributed by atoms with E-state index in [-0.39, 0.29) is 0 Å². The van der Waals surface area contributed by atoms with Crippen LogP contribution in [-0.2, 0) is 21.8 Å². The van der Waals surface area contributed by atoms with Crippen molar-refractivity contribution in [2.24, 2.45) is 0 Å². The molecule has 0 aromatic carbocycles. The van der Waals surface area contributed by atoms with E-state index in [9.17, 15) is 9.59 Å². The number of rotatable bonds is 6. The van der Waals surface area contributed by atoms with Gasteiger partial charge >= 0.3 is 18.1 Å². The first-order valence-electron chi connectivity index (χ1n) is 8.49. The maximum atomic E-state index is 11.0. The van der Waals surface area contributed by atoms with Gasteiger partial charge in [-0.25, -0.2) is 0 Å². The Morgan fingerprint density at radius 1 is 0.440 bits per heavy atom. The minimum Gasteiger partial charge on any atom is -0.368 e. The van der Waals surface area contributed by atoms with Crippen LogP contribution in [0, 0.1) is 0 Å². The van der Waals surface area contributed by atoms with E-state index in [1.807, 2.05) is 0 Å². The van der Waals surface area contributed by atoms with Gasteiger partial charge in [-0.1, -0.05) is 0 Å². The summed E-state index contributed by atoms with van der Waals surface area (Å²) >= 11 is 0. The maximum absolute atomic E-state index is 11.0. The molecule has 0 saturated carbocycles. The summed E-state index contributed by atoms with van der Waals surface area (Å²) in [4.78, 5) is 22.0. The van der Waals surface area contributed by atoms with Crippen molar-refractivity contribution in [3.8, 4) is 0 Å². The Hall–Kier alpha value is 0.154. The van der Waals surface area contributed by atoms with Crippen LogP contribution < -0.4 is 0 Å². The lowest BCUT2D eigenvalue weighted by molar-refractivity contribution is -0.122. The smallest absolute Gasteiger partial charge is 0.368 e. The molecule has 0 amide bonds. The molecule has 0 aliphatic rings. The van der Waals surface area contributed by atoms with E-state index >= 15 is 0 Å². The second-order valence-electron chi connectivity index (χ2n) is 10.0. The van der Waals surface area contributed by atoms with Crippen molar-refractivity contribution in [3.63, 3.8) is 0 Å². The lowest BCUT2D eigenvalue weighted by Gasteiger charge is -2.41. The maximum Gasteiger partial charge on any atom is 0.672 e. The Morgan fingerprint density at radius 2 is 0.600 bits per heavy atom. The lowest BCUT2D eigenvalue weighted by atomic mass is 10.2. The van der Waals surface area contributed by atoms with Gasteiger partial charge in [0.2, 0.25) is 0 Å². The van der Waals surface area contributed by atoms with Gasteiger partial charge < -0.3 is 31.4 Å². The van der Waals surface area contributed by atoms with Crippen molar-refractivity contribution >= 4 is 18.1 Å². The van der Waals surface area contributed by atoms with Crippen molar-refractivity contribution in [1.82, 2.24) is 0 Å². The van der Waals surface area contributed by atoms with Crippen LogP contribution in [0.4, 0.5) is 0 Å². The predicted molar refractivity (Wildman–Crippen MR) is 100 cm³/mol. The minimum atomic E-state index is -4.29. The normalized spacial score (nSPS) is 15.6. The molecular weight excluding hydrogens is 360 g/mol. The van der Waals surface area contributed by atoms with Gasteiger partial charge in [-0.15, -0.1) is 0 Å². The first-order valence-corrected chi connectivity index (χ1v) is 11.8. The first kappa shape index (κ1) is 25.2. The molecule has 152 valence electrons. The summed E-state index contributed by atoms with van der Waals surface area (Å²) in [6, 6.07) is 0. The minimum absolute atomic E-state index is 0.759. The predicted octanol–water partition coefficient (Wildman–Crippen LogP) is 3.12. The molecule has 0 spiro atoms. The quantitative estimate of drug-likeness (QED) is 0.665. The lowest BCUT2D eigenvalue weighted by Crippen LogP contribution is -2.65. The molecule has 0 aliphatic heterocycles. The van der Waals surface area contributed by atoms with Crippen LogP contribution in [-0.4, -0.2) is 50.1 Å². The Morgan fingerprint density at radius 3 is 0.720 bits per heavy atom. The molecule has 7 nitrogen and oxygen atoms in total. The zero-order valence-corrected chi connectivity index (χ0v) is 19.9. The monoisotopic (exact) mass is 398 g/mol. The topological polar surface area (TPSA) is 86.6 Å². The molecule has 2 N–H and O–H groups in total. The van der Waals surface area contributed by atoms with Crippen molar-refractivity contribution in [3.05, 3.63) is 0 Å². The number of hydrogen-bond donors (Lipinski definition) is 2. The summed E-state index contributed by atoms with van der Waals surface area (Å²) in [6.07, 6.45) is 0. The Labute approximate surface area is 155 Å². The second-order valence-corrected chi connectivity index (χ2v) is 13.7. The summed E-state index contributed by atoms with van der Waals surface area (Å²) < 4.78 is 28.4. The van der Waals surface area contributed by atoms with Gasteiger partial charge in [0.25, 0.3) is 0 Å². The van der Waals surface area contributed by atoms with Gasteiger partial charge in [0, 0.05) is 0 Å². The molecule has 0 fully saturated rings. The molecular formula is C16H38O7Si2. The highest BCUT2D eigenvalue weighted by Gasteiger charge is 2.61. The van der Waals surface area contributed by atoms with Crippen LogP contribution in [0.3, 0.4) is 0 Å². The molecule has 0 radical (unpaired) electrons. The molecule has 0 aliphatic carbocycles. The van der Waals surface area contributed by atoms with Crippen molar-refractivity contribution in [1.29, 1.82) is 0 Å². The largest absolute Gasteiger partial charge is 0.672 e. The summed E-state index contributed by atoms with van der Waals surface area (Å²) in [5, 5.41) is 0. The highest BCUT2D eigenvalue weighted by molar-refractivity contribution is 6.67. The van der Waals surface area contributed by atoms with Gasteiger partial charge in [0.05, 0.1) is 22.4 Å². The van der Waals surface area contributed by atoms with E-state index in [4.69, 9.17) is 21.8 Å². The van der Waals surface area contributed by atoms with Crippen LogP contribution in [0.2, 0.25) is 0 Å². The average Bonchev–Trinajstić information content (AvgIpc) is 1.97. The number of hydrogen-bond acceptors (Lipinski definition) is 7. The average molecular weight is 399 g/mol. The Kier molecular flexibility index (Phi) is 7.69. The molecule has 0 heterocycles. The van der Waals surface area contributed by atoms with Gasteiger partial charge in [-0.3, -0.25) is 0 Å². The van der Waals surface area contributed by atoms with Crippen LogP contribution in [0.5, 0.6) is 0 Å². The van der Waals surface area contributed by atoms with Gasteiger partial charge in [0.15, 0.2) is 0 Å². The standard InChI is InChI=1S/C16H38O7Si2/c1-13(2,3)19-24(17,20-14(4,5)6)23-25(18,21-15(7,8)9)22-16(10,11)12/h17-18H,1-12H3. The molecule has 0 bridgehead atoms. The molecule has 25 heavy (non-hydrogen) atoms. The molecule has 0 saturated heterocycles. The summed E-state index contributed by atoms with van der Waals surface area (Å²) in [6.45, 7) is 21.1. The van der Waals surface area contributed by atoms with Crippen LogP contribution in [0.1, 0.15) is 83.1 Å². The molecule has 9 heteroatoms. The zero-order chi connectivity index (χ0) is 20.5. The third-order valence-electron chi connectivity index (χ3n) is 2.00. The van der Waals surface area contributed by atoms with Crippen LogP contribution in [0.15, 0.2) is 0 Å². The van der Waals surface area contributed by atoms with Crippen LogP contribution in [0.25, 0.3) is 0 Å². The van der Waals surface area contributed by atoms with Gasteiger partial charge in [0.1, 0.15) is 0 Å². The van der Waals surface area contributed by atoms with E-state index in [0.29, 0.717) is 0 Å². The van der Waals surface area contributed by atoms with Gasteiger partial charge in [-0.2, -0.15) is 0 Å². The van der Waals surface area contributed by atoms with Crippen molar-refractivity contribution < 1.29 is 31.4 Å². The fourth-order valence-corrected chi connectivity index (χ4v) is 6.99. The fourth-order valence-electron chi connectivity index (χ4n) is 1.84. The van der Waals surface area contributed by atoms with E-state index in [0.717, 1.165) is 0 Å². The second kappa shape index (κ2) is 7.65. The SMILES string of the molecule is CC(C)(C)O[Si](O)(OC(C)(C)C)O[Si](O)(OC(C)(C)C)OC(C)(C)C. The third-order valence-corrected chi connectivity index (χ3v) is 7.54. The Balaban J connectivity index is 5.79. The van der Waals surface area contributed by atoms with E-state index in [1.165, 1.54) is 0 Å². The van der Waals surface area contributed by atoms with E-state index in [1.54, 1.807) is 83.1 Å². The zero-order valence-electron chi connectivity index (χ0n) is 17.9. The highest BCUT2D eigenvalue weighted by Crippen LogP contribution is 2.29. The molecule has 0 unspecified atom stereocenters. The Bertz CT molecular complexity index is 356. The molecule has 0 aromatic heterocycles. The van der Waals surface area contributed by atoms with Gasteiger partial charge in [-0.05, 0) is 83.1 Å². The fraction of sp³-hybridized carbons (Fsp3) is 1.00. The summed E-state index contributed by atoms with van der Waals surface area (Å²) in [7, 11) is -8.59. The third kappa shape index (κ3) is 13.0. The molecule has 0 rings (SSSR count). The summed E-state index contributed by atoms with van der Waals surface area (Å²) in [5.41, 5.74) is -3.04. The molecule has 0 atom stereocenters. The summed E-state index contributed by atoms with van der Waals surface area (Å²) in [5.74, 6) is 0. The van der Waals surface area contributed by atoms with Crippen LogP contribution >= 0.6 is 0 Å². The first-order chi connectivity index (χ1) is 10.5.